The standard InChI is InChI=1S/C19H14N4O3/c24-18(15-4-1-3-12-11-20-23-17(12)15)21-13-6-8-14(9-7-13)22-19(25)16-5-2-10-26-16/h1-11H,(H,20,23)(H,21,24)(H,22,25). The number of aromatic nitrogens is 2. The fourth-order valence-corrected chi connectivity index (χ4v) is 2.59. The molecule has 0 saturated carbocycles. The first-order valence-corrected chi connectivity index (χ1v) is 7.89. The summed E-state index contributed by atoms with van der Waals surface area (Å²) in [5, 5.41) is 13.2. The zero-order valence-corrected chi connectivity index (χ0v) is 13.5. The number of H-pyrrole nitrogens is 1. The van der Waals surface area contributed by atoms with E-state index in [-0.39, 0.29) is 17.6 Å². The smallest absolute Gasteiger partial charge is 0.291 e. The van der Waals surface area contributed by atoms with Crippen molar-refractivity contribution in [2.75, 3.05) is 10.6 Å². The van der Waals surface area contributed by atoms with Gasteiger partial charge < -0.3 is 15.1 Å². The van der Waals surface area contributed by atoms with Gasteiger partial charge in [-0.15, -0.1) is 0 Å². The molecule has 3 N–H and O–H groups in total. The van der Waals surface area contributed by atoms with Crippen LogP contribution in [0.1, 0.15) is 20.9 Å². The molecule has 7 nitrogen and oxygen atoms in total. The Kier molecular flexibility index (Phi) is 3.95. The van der Waals surface area contributed by atoms with Gasteiger partial charge in [0.05, 0.1) is 23.5 Å². The minimum Gasteiger partial charge on any atom is -0.459 e. The average molecular weight is 346 g/mol. The lowest BCUT2D eigenvalue weighted by molar-refractivity contribution is 0.0994. The highest BCUT2D eigenvalue weighted by Gasteiger charge is 2.12. The van der Waals surface area contributed by atoms with Crippen LogP contribution in [0.3, 0.4) is 0 Å². The maximum Gasteiger partial charge on any atom is 0.291 e. The van der Waals surface area contributed by atoms with Gasteiger partial charge in [-0.3, -0.25) is 14.7 Å². The molecular formula is C19H14N4O3. The number of hydrogen-bond acceptors (Lipinski definition) is 4. The van der Waals surface area contributed by atoms with E-state index in [9.17, 15) is 9.59 Å². The number of para-hydroxylation sites is 1. The summed E-state index contributed by atoms with van der Waals surface area (Å²) in [6, 6.07) is 15.5. The van der Waals surface area contributed by atoms with Crippen LogP contribution in [0, 0.1) is 0 Å². The quantitative estimate of drug-likeness (QED) is 0.525. The maximum atomic E-state index is 12.5. The van der Waals surface area contributed by atoms with E-state index < -0.39 is 0 Å². The van der Waals surface area contributed by atoms with Crippen LogP contribution < -0.4 is 10.6 Å². The van der Waals surface area contributed by atoms with Gasteiger partial charge in [-0.2, -0.15) is 5.10 Å². The summed E-state index contributed by atoms with van der Waals surface area (Å²) in [6.07, 6.45) is 3.11. The number of amides is 2. The molecule has 0 atom stereocenters. The highest BCUT2D eigenvalue weighted by Crippen LogP contribution is 2.19. The molecule has 26 heavy (non-hydrogen) atoms. The first-order chi connectivity index (χ1) is 12.7. The van der Waals surface area contributed by atoms with Gasteiger partial charge in [-0.25, -0.2) is 0 Å². The molecule has 0 fully saturated rings. The summed E-state index contributed by atoms with van der Waals surface area (Å²) >= 11 is 0. The van der Waals surface area contributed by atoms with Crippen LogP contribution in [0.2, 0.25) is 0 Å². The minimum absolute atomic E-state index is 0.232. The van der Waals surface area contributed by atoms with Crippen molar-refractivity contribution in [3.05, 3.63) is 78.4 Å². The van der Waals surface area contributed by atoms with Gasteiger partial charge in [0, 0.05) is 16.8 Å². The molecule has 2 aromatic carbocycles. The topological polar surface area (TPSA) is 100 Å². The third-order valence-electron chi connectivity index (χ3n) is 3.87. The van der Waals surface area contributed by atoms with Crippen LogP contribution in [0.4, 0.5) is 11.4 Å². The van der Waals surface area contributed by atoms with Crippen molar-refractivity contribution >= 4 is 34.1 Å². The Hall–Kier alpha value is -3.87. The summed E-state index contributed by atoms with van der Waals surface area (Å²) in [5.41, 5.74) is 2.41. The molecule has 2 aromatic heterocycles. The number of benzene rings is 2. The second-order valence-corrected chi connectivity index (χ2v) is 5.60. The first-order valence-electron chi connectivity index (χ1n) is 7.89. The van der Waals surface area contributed by atoms with E-state index in [4.69, 9.17) is 4.42 Å². The van der Waals surface area contributed by atoms with E-state index in [1.165, 1.54) is 6.26 Å². The second kappa shape index (κ2) is 6.56. The highest BCUT2D eigenvalue weighted by molar-refractivity contribution is 6.11. The molecule has 0 saturated heterocycles. The lowest BCUT2D eigenvalue weighted by Gasteiger charge is -2.08. The van der Waals surface area contributed by atoms with Crippen LogP contribution in [0.25, 0.3) is 10.9 Å². The van der Waals surface area contributed by atoms with Gasteiger partial charge in [0.15, 0.2) is 5.76 Å². The van der Waals surface area contributed by atoms with E-state index in [1.807, 2.05) is 6.07 Å². The number of carbonyl (C=O) groups is 2. The zero-order chi connectivity index (χ0) is 17.9. The Bertz CT molecular complexity index is 1070. The molecule has 0 spiro atoms. The predicted molar refractivity (Wildman–Crippen MR) is 97.2 cm³/mol. The minimum atomic E-state index is -0.335. The normalized spacial score (nSPS) is 10.6. The zero-order valence-electron chi connectivity index (χ0n) is 13.5. The van der Waals surface area contributed by atoms with Crippen LogP contribution in [0.15, 0.2) is 71.5 Å². The number of anilines is 2. The van der Waals surface area contributed by atoms with E-state index >= 15 is 0 Å². The Morgan fingerprint density at radius 2 is 1.62 bits per heavy atom. The molecular weight excluding hydrogens is 332 g/mol. The maximum absolute atomic E-state index is 12.5. The molecule has 0 aliphatic rings. The third-order valence-corrected chi connectivity index (χ3v) is 3.87. The summed E-state index contributed by atoms with van der Waals surface area (Å²) in [4.78, 5) is 24.4. The Morgan fingerprint density at radius 3 is 2.31 bits per heavy atom. The molecule has 0 aliphatic heterocycles. The fraction of sp³-hybridized carbons (Fsp3) is 0. The van der Waals surface area contributed by atoms with Crippen molar-refractivity contribution in [1.29, 1.82) is 0 Å². The van der Waals surface area contributed by atoms with E-state index in [1.54, 1.807) is 54.7 Å². The summed E-state index contributed by atoms with van der Waals surface area (Å²) in [7, 11) is 0. The van der Waals surface area contributed by atoms with Crippen LogP contribution >= 0.6 is 0 Å². The number of hydrogen-bond donors (Lipinski definition) is 3. The molecule has 0 aliphatic carbocycles. The van der Waals surface area contributed by atoms with Crippen molar-refractivity contribution in [3.8, 4) is 0 Å². The van der Waals surface area contributed by atoms with Crippen molar-refractivity contribution in [2.24, 2.45) is 0 Å². The first kappa shape index (κ1) is 15.6. The number of carbonyl (C=O) groups excluding carboxylic acids is 2. The number of aromatic amines is 1. The van der Waals surface area contributed by atoms with Crippen LogP contribution in [-0.4, -0.2) is 22.0 Å². The van der Waals surface area contributed by atoms with E-state index in [2.05, 4.69) is 20.8 Å². The van der Waals surface area contributed by atoms with Gasteiger partial charge in [0.25, 0.3) is 11.8 Å². The van der Waals surface area contributed by atoms with Gasteiger partial charge in [0.2, 0.25) is 0 Å². The number of rotatable bonds is 4. The SMILES string of the molecule is O=C(Nc1ccc(NC(=O)c2cccc3cn[nH]c23)cc1)c1ccco1. The Balaban J connectivity index is 1.46. The van der Waals surface area contributed by atoms with Gasteiger partial charge in [-0.1, -0.05) is 12.1 Å². The molecule has 0 bridgehead atoms. The molecule has 0 radical (unpaired) electrons. The molecule has 4 rings (SSSR count). The number of fused-ring (bicyclic) bond motifs is 1. The number of nitrogens with zero attached hydrogens (tertiary/aromatic N) is 1. The Morgan fingerprint density at radius 1 is 0.885 bits per heavy atom. The fourth-order valence-electron chi connectivity index (χ4n) is 2.59. The largest absolute Gasteiger partial charge is 0.459 e. The molecule has 2 heterocycles. The Labute approximate surface area is 148 Å². The lowest BCUT2D eigenvalue weighted by atomic mass is 10.1. The van der Waals surface area contributed by atoms with Crippen molar-refractivity contribution in [3.63, 3.8) is 0 Å². The molecule has 4 aromatic rings. The second-order valence-electron chi connectivity index (χ2n) is 5.60. The molecule has 2 amide bonds. The van der Waals surface area contributed by atoms with Crippen molar-refractivity contribution < 1.29 is 14.0 Å². The number of furan rings is 1. The summed E-state index contributed by atoms with van der Waals surface area (Å²) < 4.78 is 5.04. The average Bonchev–Trinajstić information content (AvgIpc) is 3.34. The predicted octanol–water partition coefficient (Wildman–Crippen LogP) is 3.66. The lowest BCUT2D eigenvalue weighted by Crippen LogP contribution is -2.13. The summed E-state index contributed by atoms with van der Waals surface area (Å²) in [6.45, 7) is 0. The van der Waals surface area contributed by atoms with Crippen molar-refractivity contribution in [1.82, 2.24) is 10.2 Å². The monoisotopic (exact) mass is 346 g/mol. The van der Waals surface area contributed by atoms with Gasteiger partial charge >= 0.3 is 0 Å². The van der Waals surface area contributed by atoms with Crippen molar-refractivity contribution in [2.45, 2.75) is 0 Å². The molecule has 0 unspecified atom stereocenters. The van der Waals surface area contributed by atoms with Crippen LogP contribution in [-0.2, 0) is 0 Å². The molecule has 128 valence electrons. The van der Waals surface area contributed by atoms with Gasteiger partial charge in [0.1, 0.15) is 0 Å². The number of nitrogens with one attached hydrogen (secondary N) is 3. The third kappa shape index (κ3) is 3.05. The van der Waals surface area contributed by atoms with E-state index in [0.717, 1.165) is 5.39 Å². The highest BCUT2D eigenvalue weighted by atomic mass is 16.3. The molecule has 7 heteroatoms. The van der Waals surface area contributed by atoms with Gasteiger partial charge in [-0.05, 0) is 42.5 Å². The van der Waals surface area contributed by atoms with Crippen LogP contribution in [0.5, 0.6) is 0 Å². The summed E-state index contributed by atoms with van der Waals surface area (Å²) in [5.74, 6) is -0.347. The van der Waals surface area contributed by atoms with E-state index in [0.29, 0.717) is 22.5 Å².